The minimum absolute atomic E-state index is 0.461. The van der Waals surface area contributed by atoms with E-state index in [1.807, 2.05) is 18.2 Å². The van der Waals surface area contributed by atoms with Crippen molar-refractivity contribution in [3.63, 3.8) is 0 Å². The average molecular weight is 222 g/mol. The lowest BCUT2D eigenvalue weighted by molar-refractivity contribution is -0.210. The van der Waals surface area contributed by atoms with Crippen LogP contribution < -0.4 is 0 Å². The molecule has 0 aromatic heterocycles. The normalized spacial score (nSPS) is 11.7. The van der Waals surface area contributed by atoms with E-state index >= 15 is 0 Å². The van der Waals surface area contributed by atoms with E-state index in [4.69, 9.17) is 9.47 Å². The van der Waals surface area contributed by atoms with Crippen molar-refractivity contribution in [2.45, 2.75) is 38.4 Å². The Morgan fingerprint density at radius 1 is 1.06 bits per heavy atom. The van der Waals surface area contributed by atoms with Crippen LogP contribution in [0, 0.1) is 0 Å². The van der Waals surface area contributed by atoms with Crippen LogP contribution in [0.15, 0.2) is 30.3 Å². The number of hydrogen-bond acceptors (Lipinski definition) is 2. The molecule has 1 aromatic carbocycles. The number of benzene rings is 1. The smallest absolute Gasteiger partial charge is 0.171 e. The molecule has 2 nitrogen and oxygen atoms in total. The number of unbranched alkanes of at least 4 members (excludes halogenated alkanes) is 1. The van der Waals surface area contributed by atoms with Gasteiger partial charge in [0, 0.05) is 27.1 Å². The molecular weight excluding hydrogens is 200 g/mol. The molecule has 1 aromatic rings. The second-order valence-corrected chi connectivity index (χ2v) is 4.08. The largest absolute Gasteiger partial charge is 0.353 e. The van der Waals surface area contributed by atoms with E-state index in [0.29, 0.717) is 0 Å². The van der Waals surface area contributed by atoms with E-state index in [1.54, 1.807) is 14.2 Å². The van der Waals surface area contributed by atoms with Gasteiger partial charge in [-0.2, -0.15) is 0 Å². The van der Waals surface area contributed by atoms with Gasteiger partial charge in [-0.3, -0.25) is 0 Å². The first-order chi connectivity index (χ1) is 7.76. The predicted molar refractivity (Wildman–Crippen MR) is 66.4 cm³/mol. The van der Waals surface area contributed by atoms with Crippen LogP contribution in [0.4, 0.5) is 0 Å². The van der Waals surface area contributed by atoms with Crippen LogP contribution in [0.1, 0.15) is 31.7 Å². The fraction of sp³-hybridized carbons (Fsp3) is 0.571. The Balaban J connectivity index is 2.70. The Labute approximate surface area is 98.6 Å². The second kappa shape index (κ2) is 6.66. The lowest BCUT2D eigenvalue weighted by Gasteiger charge is -2.31. The van der Waals surface area contributed by atoms with Crippen LogP contribution in [-0.4, -0.2) is 20.0 Å². The van der Waals surface area contributed by atoms with Crippen molar-refractivity contribution in [3.8, 4) is 0 Å². The van der Waals surface area contributed by atoms with Gasteiger partial charge in [-0.25, -0.2) is 0 Å². The van der Waals surface area contributed by atoms with Crippen LogP contribution in [0.25, 0.3) is 0 Å². The van der Waals surface area contributed by atoms with Crippen molar-refractivity contribution >= 4 is 0 Å². The van der Waals surface area contributed by atoms with Gasteiger partial charge in [0.15, 0.2) is 5.79 Å². The van der Waals surface area contributed by atoms with Crippen LogP contribution in [-0.2, 0) is 15.9 Å². The Hall–Kier alpha value is -0.860. The zero-order valence-electron chi connectivity index (χ0n) is 10.5. The van der Waals surface area contributed by atoms with Crippen LogP contribution in [0.5, 0.6) is 0 Å². The third-order valence-electron chi connectivity index (χ3n) is 2.97. The molecule has 0 unspecified atom stereocenters. The maximum absolute atomic E-state index is 5.57. The van der Waals surface area contributed by atoms with Crippen LogP contribution in [0.2, 0.25) is 0 Å². The van der Waals surface area contributed by atoms with E-state index in [1.165, 1.54) is 5.56 Å². The summed E-state index contributed by atoms with van der Waals surface area (Å²) in [5, 5.41) is 0. The first kappa shape index (κ1) is 13.2. The standard InChI is InChI=1S/C14H22O2/c1-4-5-11-14(15-2,16-3)12-13-9-7-6-8-10-13/h6-10H,4-5,11-12H2,1-3H3. The lowest BCUT2D eigenvalue weighted by atomic mass is 9.99. The molecule has 90 valence electrons. The monoisotopic (exact) mass is 222 g/mol. The maximum atomic E-state index is 5.57. The van der Waals surface area contributed by atoms with Crippen molar-refractivity contribution in [2.75, 3.05) is 14.2 Å². The molecule has 0 fully saturated rings. The zero-order chi connectivity index (χ0) is 11.9. The molecule has 0 saturated carbocycles. The van der Waals surface area contributed by atoms with Crippen molar-refractivity contribution in [2.24, 2.45) is 0 Å². The number of rotatable bonds is 7. The Bertz CT molecular complexity index is 278. The van der Waals surface area contributed by atoms with E-state index in [2.05, 4.69) is 19.1 Å². The summed E-state index contributed by atoms with van der Waals surface area (Å²) in [7, 11) is 3.45. The summed E-state index contributed by atoms with van der Waals surface area (Å²) in [5.74, 6) is -0.461. The molecule has 0 aliphatic rings. The fourth-order valence-corrected chi connectivity index (χ4v) is 1.87. The summed E-state index contributed by atoms with van der Waals surface area (Å²) >= 11 is 0. The summed E-state index contributed by atoms with van der Waals surface area (Å²) in [5.41, 5.74) is 1.25. The van der Waals surface area contributed by atoms with Gasteiger partial charge in [0.1, 0.15) is 0 Å². The van der Waals surface area contributed by atoms with Gasteiger partial charge in [0.2, 0.25) is 0 Å². The van der Waals surface area contributed by atoms with Crippen LogP contribution in [0.3, 0.4) is 0 Å². The zero-order valence-corrected chi connectivity index (χ0v) is 10.5. The molecule has 0 bridgehead atoms. The van der Waals surface area contributed by atoms with Gasteiger partial charge in [-0.05, 0) is 12.0 Å². The Morgan fingerprint density at radius 2 is 1.69 bits per heavy atom. The molecule has 0 atom stereocenters. The molecule has 0 radical (unpaired) electrons. The molecule has 16 heavy (non-hydrogen) atoms. The average Bonchev–Trinajstić information content (AvgIpc) is 2.36. The topological polar surface area (TPSA) is 18.5 Å². The minimum Gasteiger partial charge on any atom is -0.353 e. The summed E-state index contributed by atoms with van der Waals surface area (Å²) < 4.78 is 11.1. The van der Waals surface area contributed by atoms with Gasteiger partial charge in [-0.1, -0.05) is 43.7 Å². The number of hydrogen-bond donors (Lipinski definition) is 0. The molecule has 0 heterocycles. The predicted octanol–water partition coefficient (Wildman–Crippen LogP) is 3.41. The summed E-state index contributed by atoms with van der Waals surface area (Å²) in [6.07, 6.45) is 4.02. The third-order valence-corrected chi connectivity index (χ3v) is 2.97. The van der Waals surface area contributed by atoms with E-state index < -0.39 is 5.79 Å². The minimum atomic E-state index is -0.461. The van der Waals surface area contributed by atoms with Crippen molar-refractivity contribution in [1.29, 1.82) is 0 Å². The molecular formula is C14H22O2. The summed E-state index contributed by atoms with van der Waals surface area (Å²) in [6, 6.07) is 10.3. The van der Waals surface area contributed by atoms with Gasteiger partial charge >= 0.3 is 0 Å². The first-order valence-electron chi connectivity index (χ1n) is 5.90. The Morgan fingerprint density at radius 3 is 2.19 bits per heavy atom. The number of ether oxygens (including phenoxy) is 2. The van der Waals surface area contributed by atoms with E-state index in [0.717, 1.165) is 25.7 Å². The van der Waals surface area contributed by atoms with Crippen molar-refractivity contribution in [1.82, 2.24) is 0 Å². The molecule has 0 N–H and O–H groups in total. The highest BCUT2D eigenvalue weighted by molar-refractivity contribution is 5.16. The van der Waals surface area contributed by atoms with Crippen molar-refractivity contribution < 1.29 is 9.47 Å². The van der Waals surface area contributed by atoms with E-state index in [9.17, 15) is 0 Å². The fourth-order valence-electron chi connectivity index (χ4n) is 1.87. The summed E-state index contributed by atoms with van der Waals surface area (Å²) in [6.45, 7) is 2.18. The molecule has 0 aliphatic carbocycles. The third kappa shape index (κ3) is 3.62. The number of methoxy groups -OCH3 is 2. The van der Waals surface area contributed by atoms with Gasteiger partial charge in [0.05, 0.1) is 0 Å². The summed E-state index contributed by atoms with van der Waals surface area (Å²) in [4.78, 5) is 0. The molecule has 0 amide bonds. The maximum Gasteiger partial charge on any atom is 0.171 e. The van der Waals surface area contributed by atoms with Crippen LogP contribution >= 0.6 is 0 Å². The Kier molecular flexibility index (Phi) is 5.50. The van der Waals surface area contributed by atoms with Gasteiger partial charge < -0.3 is 9.47 Å². The highest BCUT2D eigenvalue weighted by atomic mass is 16.7. The molecule has 0 saturated heterocycles. The van der Waals surface area contributed by atoms with Crippen molar-refractivity contribution in [3.05, 3.63) is 35.9 Å². The highest BCUT2D eigenvalue weighted by Crippen LogP contribution is 2.24. The lowest BCUT2D eigenvalue weighted by Crippen LogP contribution is -2.36. The first-order valence-corrected chi connectivity index (χ1v) is 5.90. The quantitative estimate of drug-likeness (QED) is 0.658. The SMILES string of the molecule is CCCCC(Cc1ccccc1)(OC)OC. The van der Waals surface area contributed by atoms with E-state index in [-0.39, 0.29) is 0 Å². The molecule has 1 rings (SSSR count). The van der Waals surface area contributed by atoms with Gasteiger partial charge in [0.25, 0.3) is 0 Å². The second-order valence-electron chi connectivity index (χ2n) is 4.08. The molecule has 0 aliphatic heterocycles. The molecule has 2 heteroatoms. The highest BCUT2D eigenvalue weighted by Gasteiger charge is 2.28. The van der Waals surface area contributed by atoms with Gasteiger partial charge in [-0.15, -0.1) is 0 Å². The molecule has 0 spiro atoms.